The highest BCUT2D eigenvalue weighted by molar-refractivity contribution is 7.91. The van der Waals surface area contributed by atoms with Crippen LogP contribution in [0, 0.1) is 11.6 Å². The third-order valence-corrected chi connectivity index (χ3v) is 4.74. The number of hydrogen-bond donors (Lipinski definition) is 0. The third-order valence-electron chi connectivity index (χ3n) is 3.06. The summed E-state index contributed by atoms with van der Waals surface area (Å²) in [4.78, 5) is 24.2. The molecule has 108 valence electrons. The van der Waals surface area contributed by atoms with Crippen LogP contribution in [0.2, 0.25) is 0 Å². The molecule has 20 heavy (non-hydrogen) atoms. The molecular weight excluding hydrogens is 292 g/mol. The zero-order chi connectivity index (χ0) is 15.1. The number of hydrogen-bond acceptors (Lipinski definition) is 4. The lowest BCUT2D eigenvalue weighted by Crippen LogP contribution is -2.34. The van der Waals surface area contributed by atoms with Crippen LogP contribution < -0.4 is 4.90 Å². The van der Waals surface area contributed by atoms with Gasteiger partial charge in [-0.1, -0.05) is 6.92 Å². The number of sulfone groups is 1. The number of carbonyl (C=O) groups is 2. The molecule has 2 rings (SSSR count). The van der Waals surface area contributed by atoms with E-state index in [2.05, 4.69) is 0 Å². The van der Waals surface area contributed by atoms with Crippen molar-refractivity contribution >= 4 is 27.2 Å². The average Bonchev–Trinajstić information content (AvgIpc) is 2.60. The van der Waals surface area contributed by atoms with Crippen molar-refractivity contribution in [1.29, 1.82) is 0 Å². The molecule has 0 aromatic heterocycles. The smallest absolute Gasteiger partial charge is 0.299 e. The summed E-state index contributed by atoms with van der Waals surface area (Å²) < 4.78 is 49.6. The number of fused-ring (bicyclic) bond motifs is 1. The third kappa shape index (κ3) is 2.43. The van der Waals surface area contributed by atoms with Gasteiger partial charge in [0.15, 0.2) is 9.84 Å². The van der Waals surface area contributed by atoms with Gasteiger partial charge in [0.1, 0.15) is 11.6 Å². The molecule has 1 heterocycles. The van der Waals surface area contributed by atoms with Crippen molar-refractivity contribution in [2.75, 3.05) is 23.0 Å². The monoisotopic (exact) mass is 303 g/mol. The molecule has 8 heteroatoms. The van der Waals surface area contributed by atoms with Crippen molar-refractivity contribution in [2.24, 2.45) is 0 Å². The second-order valence-electron chi connectivity index (χ2n) is 4.30. The first-order valence-corrected chi connectivity index (χ1v) is 7.64. The molecule has 0 saturated carbocycles. The zero-order valence-corrected chi connectivity index (χ0v) is 11.3. The molecule has 1 aliphatic heterocycles. The summed E-state index contributed by atoms with van der Waals surface area (Å²) in [6, 6.07) is 1.36. The van der Waals surface area contributed by atoms with Crippen LogP contribution in [0.25, 0.3) is 0 Å². The van der Waals surface area contributed by atoms with Crippen molar-refractivity contribution in [3.8, 4) is 0 Å². The molecule has 0 fully saturated rings. The number of nitrogens with zero attached hydrogens (tertiary/aromatic N) is 1. The molecule has 0 spiro atoms. The van der Waals surface area contributed by atoms with Crippen LogP contribution in [0.5, 0.6) is 0 Å². The molecule has 1 amide bonds. The Morgan fingerprint density at radius 3 is 2.45 bits per heavy atom. The van der Waals surface area contributed by atoms with Gasteiger partial charge in [0.2, 0.25) is 0 Å². The van der Waals surface area contributed by atoms with Gasteiger partial charge < -0.3 is 4.90 Å². The summed E-state index contributed by atoms with van der Waals surface area (Å²) in [5.41, 5.74) is -0.728. The zero-order valence-electron chi connectivity index (χ0n) is 10.5. The summed E-state index contributed by atoms with van der Waals surface area (Å²) in [7, 11) is -3.36. The summed E-state index contributed by atoms with van der Waals surface area (Å²) in [5, 5.41) is 0. The van der Waals surface area contributed by atoms with E-state index in [0.29, 0.717) is 6.07 Å². The van der Waals surface area contributed by atoms with Crippen LogP contribution in [0.15, 0.2) is 12.1 Å². The minimum Gasteiger partial charge on any atom is -0.304 e. The van der Waals surface area contributed by atoms with Gasteiger partial charge in [-0.25, -0.2) is 17.2 Å². The van der Waals surface area contributed by atoms with Gasteiger partial charge in [-0.15, -0.1) is 0 Å². The lowest BCUT2D eigenvalue weighted by Gasteiger charge is -2.16. The van der Waals surface area contributed by atoms with E-state index in [-0.39, 0.29) is 23.7 Å². The van der Waals surface area contributed by atoms with Crippen LogP contribution >= 0.6 is 0 Å². The Kier molecular flexibility index (Phi) is 3.59. The minimum absolute atomic E-state index is 0.118. The van der Waals surface area contributed by atoms with E-state index < -0.39 is 38.7 Å². The van der Waals surface area contributed by atoms with Gasteiger partial charge in [0.05, 0.1) is 17.0 Å². The second-order valence-corrected chi connectivity index (χ2v) is 6.78. The Bertz CT molecular complexity index is 700. The summed E-state index contributed by atoms with van der Waals surface area (Å²) in [6.45, 7) is 1.14. The maximum atomic E-state index is 13.5. The molecular formula is C12H11F2NO4S. The van der Waals surface area contributed by atoms with Crippen LogP contribution in [-0.4, -0.2) is 38.2 Å². The molecule has 0 saturated heterocycles. The predicted octanol–water partition coefficient (Wildman–Crippen LogP) is 0.929. The standard InChI is InChI=1S/C12H11F2NO4S/c1-2-20(18,19)4-3-15-9-6-7(13)5-8(14)10(9)11(16)12(15)17/h5-6H,2-4H2,1H3. The fourth-order valence-corrected chi connectivity index (χ4v) is 2.68. The van der Waals surface area contributed by atoms with Crippen LogP contribution in [0.1, 0.15) is 17.3 Å². The number of Topliss-reactive ketones (excluding diaryl/α,β-unsaturated/α-hetero) is 1. The van der Waals surface area contributed by atoms with Crippen molar-refractivity contribution in [3.05, 3.63) is 29.3 Å². The van der Waals surface area contributed by atoms with E-state index in [1.807, 2.05) is 0 Å². The lowest BCUT2D eigenvalue weighted by molar-refractivity contribution is -0.114. The van der Waals surface area contributed by atoms with E-state index in [9.17, 15) is 26.8 Å². The molecule has 1 aromatic rings. The fraction of sp³-hybridized carbons (Fsp3) is 0.333. The van der Waals surface area contributed by atoms with Gasteiger partial charge >= 0.3 is 0 Å². The Hall–Kier alpha value is -1.83. The fourth-order valence-electron chi connectivity index (χ4n) is 1.93. The largest absolute Gasteiger partial charge is 0.304 e. The number of rotatable bonds is 4. The summed E-state index contributed by atoms with van der Waals surface area (Å²) in [6.07, 6.45) is 0. The molecule has 0 bridgehead atoms. The van der Waals surface area contributed by atoms with Crippen LogP contribution in [0.3, 0.4) is 0 Å². The van der Waals surface area contributed by atoms with E-state index in [1.165, 1.54) is 6.92 Å². The van der Waals surface area contributed by atoms with E-state index >= 15 is 0 Å². The van der Waals surface area contributed by atoms with Crippen LogP contribution in [0.4, 0.5) is 14.5 Å². The van der Waals surface area contributed by atoms with E-state index in [0.717, 1.165) is 11.0 Å². The summed E-state index contributed by atoms with van der Waals surface area (Å²) in [5.74, 6) is -4.69. The van der Waals surface area contributed by atoms with Crippen LogP contribution in [-0.2, 0) is 14.6 Å². The van der Waals surface area contributed by atoms with Gasteiger partial charge in [0, 0.05) is 18.4 Å². The molecule has 1 aliphatic rings. The molecule has 0 aliphatic carbocycles. The topological polar surface area (TPSA) is 71.5 Å². The Morgan fingerprint density at radius 1 is 1.20 bits per heavy atom. The lowest BCUT2D eigenvalue weighted by atomic mass is 10.1. The van der Waals surface area contributed by atoms with Crippen molar-refractivity contribution < 1.29 is 26.8 Å². The SMILES string of the molecule is CCS(=O)(=O)CCN1C(=O)C(=O)c2c(F)cc(F)cc21. The molecule has 0 unspecified atom stereocenters. The maximum absolute atomic E-state index is 13.5. The van der Waals surface area contributed by atoms with Gasteiger partial charge in [-0.3, -0.25) is 9.59 Å². The molecule has 0 radical (unpaired) electrons. The number of halogens is 2. The first kappa shape index (κ1) is 14.6. The minimum atomic E-state index is -3.36. The number of carbonyl (C=O) groups excluding carboxylic acids is 2. The number of anilines is 1. The van der Waals surface area contributed by atoms with Crippen molar-refractivity contribution in [2.45, 2.75) is 6.92 Å². The highest BCUT2D eigenvalue weighted by atomic mass is 32.2. The molecule has 1 aromatic carbocycles. The summed E-state index contributed by atoms with van der Waals surface area (Å²) >= 11 is 0. The number of benzene rings is 1. The first-order chi connectivity index (χ1) is 9.26. The van der Waals surface area contributed by atoms with E-state index in [4.69, 9.17) is 0 Å². The number of amides is 1. The van der Waals surface area contributed by atoms with Gasteiger partial charge in [-0.05, 0) is 6.07 Å². The van der Waals surface area contributed by atoms with Crippen molar-refractivity contribution in [3.63, 3.8) is 0 Å². The Morgan fingerprint density at radius 2 is 1.85 bits per heavy atom. The normalized spacial score (nSPS) is 14.8. The Labute approximate surface area is 114 Å². The van der Waals surface area contributed by atoms with Crippen molar-refractivity contribution in [1.82, 2.24) is 0 Å². The van der Waals surface area contributed by atoms with Gasteiger partial charge in [0.25, 0.3) is 11.7 Å². The maximum Gasteiger partial charge on any atom is 0.299 e. The average molecular weight is 303 g/mol. The highest BCUT2D eigenvalue weighted by Gasteiger charge is 2.39. The molecule has 0 atom stereocenters. The quantitative estimate of drug-likeness (QED) is 0.776. The highest BCUT2D eigenvalue weighted by Crippen LogP contribution is 2.31. The van der Waals surface area contributed by atoms with Gasteiger partial charge in [-0.2, -0.15) is 0 Å². The molecule has 0 N–H and O–H groups in total. The second kappa shape index (κ2) is 4.93. The Balaban J connectivity index is 2.38. The number of ketones is 1. The van der Waals surface area contributed by atoms with E-state index in [1.54, 1.807) is 0 Å². The predicted molar refractivity (Wildman–Crippen MR) is 67.4 cm³/mol. The molecule has 5 nitrogen and oxygen atoms in total. The first-order valence-electron chi connectivity index (χ1n) is 5.82.